The van der Waals surface area contributed by atoms with Crippen LogP contribution in [-0.4, -0.2) is 51.4 Å². The summed E-state index contributed by atoms with van der Waals surface area (Å²) in [4.78, 5) is 0. The van der Waals surface area contributed by atoms with Gasteiger partial charge in [-0.2, -0.15) is 0 Å². The lowest BCUT2D eigenvalue weighted by Crippen LogP contribution is -2.32. The van der Waals surface area contributed by atoms with Gasteiger partial charge in [0.05, 0.1) is 25.2 Å². The first kappa shape index (κ1) is 25.6. The van der Waals surface area contributed by atoms with E-state index in [9.17, 15) is 18.6 Å². The van der Waals surface area contributed by atoms with Crippen LogP contribution in [0.4, 0.5) is 5.69 Å². The molecule has 0 saturated heterocycles. The van der Waals surface area contributed by atoms with Gasteiger partial charge in [0.1, 0.15) is 5.75 Å². The van der Waals surface area contributed by atoms with E-state index in [-0.39, 0.29) is 37.2 Å². The number of fused-ring (bicyclic) bond motifs is 1. The fourth-order valence-corrected chi connectivity index (χ4v) is 4.69. The maximum absolute atomic E-state index is 11.6. The largest absolute Gasteiger partial charge is 0.506 e. The number of aliphatic hydroxyl groups excluding tert-OH is 1. The Bertz CT molecular complexity index is 1300. The zero-order valence-corrected chi connectivity index (χ0v) is 20.9. The van der Waals surface area contributed by atoms with Crippen molar-refractivity contribution >= 4 is 15.7 Å². The molecule has 1 unspecified atom stereocenters. The predicted octanol–water partition coefficient (Wildman–Crippen LogP) is 2.98. The molecule has 36 heavy (non-hydrogen) atoms. The van der Waals surface area contributed by atoms with Crippen LogP contribution in [0.15, 0.2) is 60.7 Å². The number of aliphatic hydroxyl groups is 1. The normalized spacial score (nSPS) is 14.3. The number of ether oxygens (including phenoxy) is 3. The zero-order valence-electron chi connectivity index (χ0n) is 20.1. The van der Waals surface area contributed by atoms with Gasteiger partial charge in [0.2, 0.25) is 22.6 Å². The van der Waals surface area contributed by atoms with Gasteiger partial charge in [0, 0.05) is 12.6 Å². The quantitative estimate of drug-likeness (QED) is 0.288. The van der Waals surface area contributed by atoms with Crippen LogP contribution in [-0.2, 0) is 22.9 Å². The molecule has 2 atom stereocenters. The van der Waals surface area contributed by atoms with E-state index >= 15 is 0 Å². The van der Waals surface area contributed by atoms with Gasteiger partial charge >= 0.3 is 0 Å². The van der Waals surface area contributed by atoms with Crippen LogP contribution >= 0.6 is 0 Å². The molecule has 10 heteroatoms. The van der Waals surface area contributed by atoms with Crippen LogP contribution in [0, 0.1) is 0 Å². The standard InChI is InChI=1S/C26H30N2O7S/c1-33-24-13-19(14-25-26(24)35-16-34-25)21(11-17-6-4-3-5-7-17)27-15-20(29)10-18-8-9-23(30)22(12-18)28-36(2,31)32/h3-9,12-14,20-21,27-30H,10-11,15-16H2,1-2H3/t20-,21?/m0/s1. The average molecular weight is 515 g/mol. The number of rotatable bonds is 11. The molecule has 0 saturated carbocycles. The molecule has 3 aromatic carbocycles. The highest BCUT2D eigenvalue weighted by molar-refractivity contribution is 7.92. The highest BCUT2D eigenvalue weighted by Crippen LogP contribution is 2.43. The number of aromatic hydroxyl groups is 1. The Morgan fingerprint density at radius 3 is 2.53 bits per heavy atom. The molecular formula is C26H30N2O7S. The summed E-state index contributed by atoms with van der Waals surface area (Å²) in [6, 6.07) is 18.2. The third-order valence-electron chi connectivity index (χ3n) is 5.79. The monoisotopic (exact) mass is 514 g/mol. The van der Waals surface area contributed by atoms with Crippen LogP contribution in [0.2, 0.25) is 0 Å². The summed E-state index contributed by atoms with van der Waals surface area (Å²) in [5.74, 6) is 1.58. The number of nitrogens with one attached hydrogen (secondary N) is 2. The molecule has 0 bridgehead atoms. The zero-order chi connectivity index (χ0) is 25.7. The second-order valence-electron chi connectivity index (χ2n) is 8.69. The van der Waals surface area contributed by atoms with Crippen LogP contribution in [0.1, 0.15) is 22.7 Å². The molecule has 4 N–H and O–H groups in total. The maximum Gasteiger partial charge on any atom is 0.231 e. The third-order valence-corrected chi connectivity index (χ3v) is 6.38. The average Bonchev–Trinajstić information content (AvgIpc) is 3.32. The Kier molecular flexibility index (Phi) is 7.88. The van der Waals surface area contributed by atoms with Crippen molar-refractivity contribution in [2.75, 3.05) is 31.4 Å². The first-order valence-electron chi connectivity index (χ1n) is 11.4. The number of phenols is 1. The van der Waals surface area contributed by atoms with E-state index in [2.05, 4.69) is 10.0 Å². The summed E-state index contributed by atoms with van der Waals surface area (Å²) in [5, 5.41) is 24.2. The van der Waals surface area contributed by atoms with Gasteiger partial charge in [-0.05, 0) is 53.8 Å². The van der Waals surface area contributed by atoms with Gasteiger partial charge in [-0.25, -0.2) is 8.42 Å². The van der Waals surface area contributed by atoms with Gasteiger partial charge in [0.25, 0.3) is 0 Å². The smallest absolute Gasteiger partial charge is 0.231 e. The van der Waals surface area contributed by atoms with Gasteiger partial charge < -0.3 is 29.7 Å². The van der Waals surface area contributed by atoms with E-state index in [0.717, 1.165) is 17.4 Å². The Hall–Kier alpha value is -3.47. The van der Waals surface area contributed by atoms with E-state index in [4.69, 9.17) is 14.2 Å². The van der Waals surface area contributed by atoms with E-state index in [0.29, 0.717) is 29.2 Å². The fourth-order valence-electron chi connectivity index (χ4n) is 4.12. The predicted molar refractivity (Wildman–Crippen MR) is 136 cm³/mol. The number of sulfonamides is 1. The molecular weight excluding hydrogens is 484 g/mol. The van der Waals surface area contributed by atoms with E-state index in [1.807, 2.05) is 42.5 Å². The number of hydrogen-bond acceptors (Lipinski definition) is 8. The molecule has 9 nitrogen and oxygen atoms in total. The van der Waals surface area contributed by atoms with Gasteiger partial charge in [-0.1, -0.05) is 36.4 Å². The van der Waals surface area contributed by atoms with E-state index in [1.165, 1.54) is 12.1 Å². The molecule has 1 aliphatic rings. The Morgan fingerprint density at radius 1 is 1.03 bits per heavy atom. The second kappa shape index (κ2) is 11.1. The SMILES string of the molecule is COc1cc(C(Cc2ccccc2)NC[C@@H](O)Cc2ccc(O)c(NS(C)(=O)=O)c2)cc2c1OCO2. The van der Waals surface area contributed by atoms with Crippen molar-refractivity contribution in [3.05, 3.63) is 77.4 Å². The van der Waals surface area contributed by atoms with E-state index in [1.54, 1.807) is 13.2 Å². The highest BCUT2D eigenvalue weighted by atomic mass is 32.2. The summed E-state index contributed by atoms with van der Waals surface area (Å²) in [6.07, 6.45) is 1.16. The molecule has 0 aliphatic carbocycles. The van der Waals surface area contributed by atoms with Crippen LogP contribution in [0.3, 0.4) is 0 Å². The minimum atomic E-state index is -3.55. The highest BCUT2D eigenvalue weighted by Gasteiger charge is 2.24. The number of anilines is 1. The van der Waals surface area contributed by atoms with Crippen molar-refractivity contribution < 1.29 is 32.8 Å². The molecule has 0 fully saturated rings. The minimum Gasteiger partial charge on any atom is -0.506 e. The molecule has 1 aliphatic heterocycles. The number of methoxy groups -OCH3 is 1. The summed E-state index contributed by atoms with van der Waals surface area (Å²) in [5.41, 5.74) is 2.80. The number of phenolic OH excluding ortho intramolecular Hbond substituents is 1. The van der Waals surface area contributed by atoms with E-state index < -0.39 is 16.1 Å². The molecule has 0 spiro atoms. The third kappa shape index (κ3) is 6.60. The first-order valence-corrected chi connectivity index (χ1v) is 13.3. The lowest BCUT2D eigenvalue weighted by molar-refractivity contribution is 0.167. The van der Waals surface area contributed by atoms with Crippen molar-refractivity contribution in [2.24, 2.45) is 0 Å². The Morgan fingerprint density at radius 2 is 1.81 bits per heavy atom. The summed E-state index contributed by atoms with van der Waals surface area (Å²) >= 11 is 0. The second-order valence-corrected chi connectivity index (χ2v) is 10.4. The van der Waals surface area contributed by atoms with Gasteiger partial charge in [-0.15, -0.1) is 0 Å². The first-order chi connectivity index (χ1) is 17.2. The van der Waals surface area contributed by atoms with Crippen LogP contribution in [0.25, 0.3) is 0 Å². The van der Waals surface area contributed by atoms with Crippen molar-refractivity contribution in [3.63, 3.8) is 0 Å². The van der Waals surface area contributed by atoms with Crippen molar-refractivity contribution in [3.8, 4) is 23.0 Å². The lowest BCUT2D eigenvalue weighted by atomic mass is 9.97. The van der Waals surface area contributed by atoms with Gasteiger partial charge in [-0.3, -0.25) is 4.72 Å². The topological polar surface area (TPSA) is 126 Å². The molecule has 1 heterocycles. The van der Waals surface area contributed by atoms with Crippen LogP contribution < -0.4 is 24.2 Å². The van der Waals surface area contributed by atoms with Crippen molar-refractivity contribution in [2.45, 2.75) is 25.0 Å². The summed E-state index contributed by atoms with van der Waals surface area (Å²) < 4.78 is 42.0. The molecule has 0 aromatic heterocycles. The summed E-state index contributed by atoms with van der Waals surface area (Å²) in [7, 11) is -1.97. The lowest BCUT2D eigenvalue weighted by Gasteiger charge is -2.23. The molecule has 3 aromatic rings. The number of benzene rings is 3. The van der Waals surface area contributed by atoms with Crippen molar-refractivity contribution in [1.29, 1.82) is 0 Å². The fraction of sp³-hybridized carbons (Fsp3) is 0.308. The molecule has 0 radical (unpaired) electrons. The molecule has 0 amide bonds. The van der Waals surface area contributed by atoms with Gasteiger partial charge in [0.15, 0.2) is 11.5 Å². The number of hydrogen-bond donors (Lipinski definition) is 4. The Labute approximate surface area is 210 Å². The van der Waals surface area contributed by atoms with Crippen LogP contribution in [0.5, 0.6) is 23.0 Å². The molecule has 192 valence electrons. The Balaban J connectivity index is 1.50. The maximum atomic E-state index is 11.6. The summed E-state index contributed by atoms with van der Waals surface area (Å²) in [6.45, 7) is 0.400. The minimum absolute atomic E-state index is 0.0737. The molecule has 4 rings (SSSR count). The van der Waals surface area contributed by atoms with Crippen molar-refractivity contribution in [1.82, 2.24) is 5.32 Å².